The van der Waals surface area contributed by atoms with Crippen molar-refractivity contribution in [2.75, 3.05) is 0 Å². The van der Waals surface area contributed by atoms with E-state index < -0.39 is 0 Å². The van der Waals surface area contributed by atoms with Crippen LogP contribution in [0.4, 0.5) is 0 Å². The minimum absolute atomic E-state index is 0.00167. The molecule has 0 spiro atoms. The lowest BCUT2D eigenvalue weighted by Gasteiger charge is -2.26. The Kier molecular flexibility index (Phi) is 1.93. The largest absolute Gasteiger partial charge is 0.426 e. The smallest absolute Gasteiger partial charge is 0.315 e. The van der Waals surface area contributed by atoms with Gasteiger partial charge in [-0.1, -0.05) is 29.8 Å². The van der Waals surface area contributed by atoms with E-state index in [-0.39, 0.29) is 11.9 Å². The number of benzene rings is 1. The Morgan fingerprint density at radius 1 is 1.31 bits per heavy atom. The van der Waals surface area contributed by atoms with Crippen molar-refractivity contribution < 1.29 is 9.53 Å². The molecule has 0 aromatic heterocycles. The minimum Gasteiger partial charge on any atom is -0.426 e. The SMILES string of the molecule is C=C1C[C@@H]2c3cc(C)ccc3OC(=O)[C@@H]2C1. The van der Waals surface area contributed by atoms with Gasteiger partial charge in [-0.25, -0.2) is 0 Å². The van der Waals surface area contributed by atoms with Crippen molar-refractivity contribution in [2.45, 2.75) is 25.7 Å². The molecule has 0 N–H and O–H groups in total. The lowest BCUT2D eigenvalue weighted by Crippen LogP contribution is -2.28. The van der Waals surface area contributed by atoms with Crippen LogP contribution >= 0.6 is 0 Å². The van der Waals surface area contributed by atoms with Crippen molar-refractivity contribution >= 4 is 5.97 Å². The van der Waals surface area contributed by atoms with E-state index in [2.05, 4.69) is 19.6 Å². The zero-order valence-electron chi connectivity index (χ0n) is 9.32. The first-order valence-electron chi connectivity index (χ1n) is 5.64. The quantitative estimate of drug-likeness (QED) is 0.377. The highest BCUT2D eigenvalue weighted by Crippen LogP contribution is 2.48. The van der Waals surface area contributed by atoms with E-state index in [0.717, 1.165) is 18.6 Å². The van der Waals surface area contributed by atoms with Gasteiger partial charge in [0.2, 0.25) is 0 Å². The molecule has 16 heavy (non-hydrogen) atoms. The van der Waals surface area contributed by atoms with Crippen LogP contribution in [0.5, 0.6) is 5.75 Å². The number of carbonyl (C=O) groups is 1. The van der Waals surface area contributed by atoms with Gasteiger partial charge < -0.3 is 4.74 Å². The van der Waals surface area contributed by atoms with Gasteiger partial charge in [0.05, 0.1) is 5.92 Å². The molecule has 1 aliphatic heterocycles. The van der Waals surface area contributed by atoms with E-state index in [4.69, 9.17) is 4.74 Å². The van der Waals surface area contributed by atoms with Gasteiger partial charge in [-0.15, -0.1) is 0 Å². The fourth-order valence-electron chi connectivity index (χ4n) is 2.80. The predicted molar refractivity (Wildman–Crippen MR) is 61.4 cm³/mol. The fourth-order valence-corrected chi connectivity index (χ4v) is 2.80. The Labute approximate surface area is 94.9 Å². The van der Waals surface area contributed by atoms with Gasteiger partial charge in [0.1, 0.15) is 5.75 Å². The summed E-state index contributed by atoms with van der Waals surface area (Å²) in [4.78, 5) is 11.8. The maximum atomic E-state index is 11.8. The lowest BCUT2D eigenvalue weighted by molar-refractivity contribution is -0.140. The second-order valence-corrected chi connectivity index (χ2v) is 4.83. The van der Waals surface area contributed by atoms with Crippen LogP contribution in [-0.2, 0) is 4.79 Å². The van der Waals surface area contributed by atoms with Crippen LogP contribution in [0.3, 0.4) is 0 Å². The highest BCUT2D eigenvalue weighted by Gasteiger charge is 2.42. The molecule has 2 nitrogen and oxygen atoms in total. The van der Waals surface area contributed by atoms with Crippen LogP contribution < -0.4 is 4.74 Å². The summed E-state index contributed by atoms with van der Waals surface area (Å²) in [6.07, 6.45) is 1.72. The highest BCUT2D eigenvalue weighted by atomic mass is 16.5. The van der Waals surface area contributed by atoms with Crippen LogP contribution in [-0.4, -0.2) is 5.97 Å². The summed E-state index contributed by atoms with van der Waals surface area (Å²) in [6, 6.07) is 6.02. The number of allylic oxidation sites excluding steroid dienone is 1. The summed E-state index contributed by atoms with van der Waals surface area (Å²) in [5, 5.41) is 0. The highest BCUT2D eigenvalue weighted by molar-refractivity contribution is 5.80. The first-order chi connectivity index (χ1) is 7.65. The Bertz CT molecular complexity index is 488. The van der Waals surface area contributed by atoms with E-state index in [0.29, 0.717) is 5.92 Å². The molecule has 2 heteroatoms. The maximum Gasteiger partial charge on any atom is 0.315 e. The Hall–Kier alpha value is -1.57. The van der Waals surface area contributed by atoms with Crippen LogP contribution in [0.25, 0.3) is 0 Å². The molecule has 0 radical (unpaired) electrons. The van der Waals surface area contributed by atoms with Crippen molar-refractivity contribution in [2.24, 2.45) is 5.92 Å². The normalized spacial score (nSPS) is 27.3. The molecule has 3 rings (SSSR count). The molecule has 0 saturated heterocycles. The van der Waals surface area contributed by atoms with E-state index in [1.54, 1.807) is 0 Å². The number of hydrogen-bond acceptors (Lipinski definition) is 2. The van der Waals surface area contributed by atoms with Gasteiger partial charge in [0.25, 0.3) is 0 Å². The molecule has 1 saturated carbocycles. The van der Waals surface area contributed by atoms with Gasteiger partial charge in [-0.2, -0.15) is 0 Å². The number of carbonyl (C=O) groups excluding carboxylic acids is 1. The monoisotopic (exact) mass is 214 g/mol. The van der Waals surface area contributed by atoms with Gasteiger partial charge in [-0.3, -0.25) is 4.79 Å². The van der Waals surface area contributed by atoms with Crippen LogP contribution in [0.15, 0.2) is 30.4 Å². The number of fused-ring (bicyclic) bond motifs is 3. The molecule has 0 bridgehead atoms. The summed E-state index contributed by atoms with van der Waals surface area (Å²) in [6.45, 7) is 6.07. The molecule has 1 heterocycles. The molecular weight excluding hydrogens is 200 g/mol. The third-order valence-corrected chi connectivity index (χ3v) is 3.58. The van der Waals surface area contributed by atoms with Crippen molar-refractivity contribution in [1.82, 2.24) is 0 Å². The number of esters is 1. The zero-order valence-corrected chi connectivity index (χ0v) is 9.32. The van der Waals surface area contributed by atoms with E-state index in [9.17, 15) is 4.79 Å². The zero-order chi connectivity index (χ0) is 11.3. The lowest BCUT2D eigenvalue weighted by atomic mass is 9.85. The molecule has 0 unspecified atom stereocenters. The van der Waals surface area contributed by atoms with E-state index >= 15 is 0 Å². The van der Waals surface area contributed by atoms with E-state index in [1.165, 1.54) is 16.7 Å². The van der Waals surface area contributed by atoms with Gasteiger partial charge in [0.15, 0.2) is 0 Å². The number of ether oxygens (including phenoxy) is 1. The molecule has 1 fully saturated rings. The van der Waals surface area contributed by atoms with Gasteiger partial charge in [0, 0.05) is 5.92 Å². The second-order valence-electron chi connectivity index (χ2n) is 4.83. The predicted octanol–water partition coefficient (Wildman–Crippen LogP) is 2.96. The number of rotatable bonds is 0. The molecule has 1 aliphatic carbocycles. The van der Waals surface area contributed by atoms with Gasteiger partial charge in [-0.05, 0) is 31.4 Å². The van der Waals surface area contributed by atoms with Crippen LogP contribution in [0, 0.1) is 12.8 Å². The second kappa shape index (κ2) is 3.21. The van der Waals surface area contributed by atoms with Crippen molar-refractivity contribution in [3.05, 3.63) is 41.5 Å². The third kappa shape index (κ3) is 1.29. The Morgan fingerprint density at radius 3 is 2.88 bits per heavy atom. The topological polar surface area (TPSA) is 26.3 Å². The summed E-state index contributed by atoms with van der Waals surface area (Å²) in [5.41, 5.74) is 3.57. The van der Waals surface area contributed by atoms with Gasteiger partial charge >= 0.3 is 5.97 Å². The van der Waals surface area contributed by atoms with E-state index in [1.807, 2.05) is 12.1 Å². The van der Waals surface area contributed by atoms with Crippen molar-refractivity contribution in [3.8, 4) is 5.75 Å². The average Bonchev–Trinajstić information content (AvgIpc) is 2.62. The number of aryl methyl sites for hydroxylation is 1. The summed E-state index contributed by atoms with van der Waals surface area (Å²) >= 11 is 0. The van der Waals surface area contributed by atoms with Crippen molar-refractivity contribution in [3.63, 3.8) is 0 Å². The number of hydrogen-bond donors (Lipinski definition) is 0. The summed E-state index contributed by atoms with van der Waals surface area (Å²) < 4.78 is 5.37. The van der Waals surface area contributed by atoms with Crippen LogP contribution in [0.1, 0.15) is 29.9 Å². The molecule has 1 aromatic rings. The molecule has 2 atom stereocenters. The molecule has 2 aliphatic rings. The molecule has 82 valence electrons. The first-order valence-corrected chi connectivity index (χ1v) is 5.64. The maximum absolute atomic E-state index is 11.8. The Morgan fingerprint density at radius 2 is 2.06 bits per heavy atom. The third-order valence-electron chi connectivity index (χ3n) is 3.58. The molecule has 1 aromatic carbocycles. The summed E-state index contributed by atoms with van der Waals surface area (Å²) in [5.74, 6) is 0.956. The average molecular weight is 214 g/mol. The standard InChI is InChI=1S/C14H14O2/c1-8-3-4-13-11(5-8)10-6-9(2)7-12(10)14(15)16-13/h3-5,10,12H,2,6-7H2,1H3/t10-,12-/m1/s1. The van der Waals surface area contributed by atoms with Crippen molar-refractivity contribution in [1.29, 1.82) is 0 Å². The minimum atomic E-state index is -0.0833. The summed E-state index contributed by atoms with van der Waals surface area (Å²) in [7, 11) is 0. The first kappa shape index (κ1) is 9.64. The fraction of sp³-hybridized carbons (Fsp3) is 0.357. The van der Waals surface area contributed by atoms with Crippen LogP contribution in [0.2, 0.25) is 0 Å². The molecular formula is C14H14O2. The Balaban J connectivity index is 2.12. The molecule has 0 amide bonds.